The SMILES string of the molecule is CN(Cc1ccc(N)cc1)c1nc[nH]c(=O)c1Br. The van der Waals surface area contributed by atoms with Gasteiger partial charge in [-0.25, -0.2) is 4.98 Å². The van der Waals surface area contributed by atoms with Crippen molar-refractivity contribution >= 4 is 27.4 Å². The Bertz CT molecular complexity index is 594. The third-order valence-electron chi connectivity index (χ3n) is 2.54. The fourth-order valence-corrected chi connectivity index (χ4v) is 2.13. The number of nitrogen functional groups attached to an aromatic ring is 1. The molecule has 1 heterocycles. The summed E-state index contributed by atoms with van der Waals surface area (Å²) in [7, 11) is 1.88. The minimum absolute atomic E-state index is 0.191. The number of aromatic nitrogens is 2. The van der Waals surface area contributed by atoms with Crippen LogP contribution in [0.5, 0.6) is 0 Å². The van der Waals surface area contributed by atoms with Gasteiger partial charge in [0, 0.05) is 19.3 Å². The normalized spacial score (nSPS) is 10.3. The number of aromatic amines is 1. The number of hydrogen-bond acceptors (Lipinski definition) is 4. The first-order valence-electron chi connectivity index (χ1n) is 5.36. The molecule has 0 aliphatic carbocycles. The molecule has 0 aliphatic heterocycles. The largest absolute Gasteiger partial charge is 0.399 e. The number of benzene rings is 1. The van der Waals surface area contributed by atoms with Gasteiger partial charge in [-0.2, -0.15) is 0 Å². The highest BCUT2D eigenvalue weighted by atomic mass is 79.9. The summed E-state index contributed by atoms with van der Waals surface area (Å²) in [5, 5.41) is 0. The summed E-state index contributed by atoms with van der Waals surface area (Å²) in [6.07, 6.45) is 1.39. The van der Waals surface area contributed by atoms with Crippen LogP contribution in [0.1, 0.15) is 5.56 Å². The van der Waals surface area contributed by atoms with Crippen LogP contribution in [0.4, 0.5) is 11.5 Å². The summed E-state index contributed by atoms with van der Waals surface area (Å²) in [5.74, 6) is 0.607. The average molecular weight is 309 g/mol. The molecule has 18 heavy (non-hydrogen) atoms. The molecule has 0 radical (unpaired) electrons. The monoisotopic (exact) mass is 308 g/mol. The van der Waals surface area contributed by atoms with Crippen LogP contribution in [-0.4, -0.2) is 17.0 Å². The van der Waals surface area contributed by atoms with E-state index in [9.17, 15) is 4.79 Å². The molecular formula is C12H13BrN4O. The lowest BCUT2D eigenvalue weighted by molar-refractivity contribution is 0.881. The molecule has 0 fully saturated rings. The van der Waals surface area contributed by atoms with Gasteiger partial charge in [0.2, 0.25) is 0 Å². The predicted octanol–water partition coefficient (Wildman–Crippen LogP) is 1.75. The van der Waals surface area contributed by atoms with Crippen LogP contribution < -0.4 is 16.2 Å². The van der Waals surface area contributed by atoms with Crippen LogP contribution in [0, 0.1) is 0 Å². The van der Waals surface area contributed by atoms with Crippen molar-refractivity contribution in [3.8, 4) is 0 Å². The smallest absolute Gasteiger partial charge is 0.267 e. The zero-order valence-electron chi connectivity index (χ0n) is 9.85. The van der Waals surface area contributed by atoms with Crippen LogP contribution in [0.25, 0.3) is 0 Å². The summed E-state index contributed by atoms with van der Waals surface area (Å²) < 4.78 is 0.433. The Balaban J connectivity index is 2.22. The topological polar surface area (TPSA) is 75.0 Å². The summed E-state index contributed by atoms with van der Waals surface area (Å²) >= 11 is 3.24. The molecular weight excluding hydrogens is 296 g/mol. The first kappa shape index (κ1) is 12.6. The van der Waals surface area contributed by atoms with Crippen molar-refractivity contribution in [2.45, 2.75) is 6.54 Å². The van der Waals surface area contributed by atoms with Gasteiger partial charge in [-0.05, 0) is 33.6 Å². The van der Waals surface area contributed by atoms with E-state index in [4.69, 9.17) is 5.73 Å². The minimum atomic E-state index is -0.191. The first-order valence-corrected chi connectivity index (χ1v) is 6.16. The van der Waals surface area contributed by atoms with E-state index in [0.29, 0.717) is 16.8 Å². The molecule has 94 valence electrons. The maximum Gasteiger partial charge on any atom is 0.267 e. The maximum absolute atomic E-state index is 11.5. The highest BCUT2D eigenvalue weighted by Gasteiger charge is 2.10. The summed E-state index contributed by atoms with van der Waals surface area (Å²) in [4.78, 5) is 20.0. The zero-order valence-corrected chi connectivity index (χ0v) is 11.4. The Hall–Kier alpha value is -1.82. The van der Waals surface area contributed by atoms with Gasteiger partial charge in [0.1, 0.15) is 10.3 Å². The van der Waals surface area contributed by atoms with Crippen molar-refractivity contribution < 1.29 is 0 Å². The second kappa shape index (κ2) is 5.22. The fraction of sp³-hybridized carbons (Fsp3) is 0.167. The number of nitrogens with zero attached hydrogens (tertiary/aromatic N) is 2. The molecule has 3 N–H and O–H groups in total. The van der Waals surface area contributed by atoms with Gasteiger partial charge >= 0.3 is 0 Å². The van der Waals surface area contributed by atoms with Crippen LogP contribution in [0.15, 0.2) is 39.9 Å². The van der Waals surface area contributed by atoms with Crippen molar-refractivity contribution in [1.82, 2.24) is 9.97 Å². The highest BCUT2D eigenvalue weighted by molar-refractivity contribution is 9.10. The third-order valence-corrected chi connectivity index (χ3v) is 3.25. The van der Waals surface area contributed by atoms with E-state index >= 15 is 0 Å². The summed E-state index contributed by atoms with van der Waals surface area (Å²) in [6.45, 7) is 0.648. The van der Waals surface area contributed by atoms with E-state index in [2.05, 4.69) is 25.9 Å². The fourth-order valence-electron chi connectivity index (χ4n) is 1.61. The minimum Gasteiger partial charge on any atom is -0.399 e. The van der Waals surface area contributed by atoms with Gasteiger partial charge in [0.25, 0.3) is 5.56 Å². The van der Waals surface area contributed by atoms with Crippen molar-refractivity contribution in [2.24, 2.45) is 0 Å². The van der Waals surface area contributed by atoms with E-state index in [0.717, 1.165) is 11.3 Å². The van der Waals surface area contributed by atoms with Crippen molar-refractivity contribution in [3.05, 3.63) is 51.0 Å². The molecule has 6 heteroatoms. The van der Waals surface area contributed by atoms with Crippen molar-refractivity contribution in [3.63, 3.8) is 0 Å². The lowest BCUT2D eigenvalue weighted by atomic mass is 10.2. The number of hydrogen-bond donors (Lipinski definition) is 2. The predicted molar refractivity (Wildman–Crippen MR) is 75.5 cm³/mol. The Morgan fingerprint density at radius 1 is 1.39 bits per heavy atom. The number of halogens is 1. The van der Waals surface area contributed by atoms with Gasteiger partial charge in [-0.1, -0.05) is 12.1 Å². The lowest BCUT2D eigenvalue weighted by Crippen LogP contribution is -2.21. The molecule has 0 aliphatic rings. The van der Waals surface area contributed by atoms with Gasteiger partial charge in [0.05, 0.1) is 6.33 Å². The maximum atomic E-state index is 11.5. The number of H-pyrrole nitrogens is 1. The van der Waals surface area contributed by atoms with E-state index < -0.39 is 0 Å². The molecule has 2 rings (SSSR count). The molecule has 0 saturated carbocycles. The van der Waals surface area contributed by atoms with Crippen LogP contribution in [-0.2, 0) is 6.54 Å². The second-order valence-corrected chi connectivity index (χ2v) is 4.76. The molecule has 0 amide bonds. The lowest BCUT2D eigenvalue weighted by Gasteiger charge is -2.18. The van der Waals surface area contributed by atoms with Crippen LogP contribution in [0.3, 0.4) is 0 Å². The molecule has 0 unspecified atom stereocenters. The van der Waals surface area contributed by atoms with Crippen molar-refractivity contribution in [2.75, 3.05) is 17.7 Å². The Morgan fingerprint density at radius 3 is 2.72 bits per heavy atom. The Morgan fingerprint density at radius 2 is 2.06 bits per heavy atom. The number of anilines is 2. The number of rotatable bonds is 3. The Kier molecular flexibility index (Phi) is 3.66. The third kappa shape index (κ3) is 2.70. The van der Waals surface area contributed by atoms with E-state index in [1.54, 1.807) is 0 Å². The molecule has 2 aromatic rings. The summed E-state index contributed by atoms with van der Waals surface area (Å²) in [5.41, 5.74) is 7.27. The average Bonchev–Trinajstić information content (AvgIpc) is 2.35. The summed E-state index contributed by atoms with van der Waals surface area (Å²) in [6, 6.07) is 7.60. The van der Waals surface area contributed by atoms with E-state index in [1.807, 2.05) is 36.2 Å². The number of nitrogens with one attached hydrogen (secondary N) is 1. The first-order chi connectivity index (χ1) is 8.58. The molecule has 0 atom stereocenters. The molecule has 1 aromatic carbocycles. The zero-order chi connectivity index (χ0) is 13.1. The van der Waals surface area contributed by atoms with E-state index in [1.165, 1.54) is 6.33 Å². The standard InChI is InChI=1S/C12H13BrN4O/c1-17(6-8-2-4-9(14)5-3-8)11-10(13)12(18)16-7-15-11/h2-5,7H,6,14H2,1H3,(H,15,16,18). The van der Waals surface area contributed by atoms with Gasteiger partial charge in [-0.15, -0.1) is 0 Å². The molecule has 0 bridgehead atoms. The molecule has 5 nitrogen and oxygen atoms in total. The molecule has 0 saturated heterocycles. The molecule has 1 aromatic heterocycles. The van der Waals surface area contributed by atoms with E-state index in [-0.39, 0.29) is 5.56 Å². The van der Waals surface area contributed by atoms with Gasteiger partial charge in [0.15, 0.2) is 0 Å². The van der Waals surface area contributed by atoms with Gasteiger partial charge in [-0.3, -0.25) is 4.79 Å². The van der Waals surface area contributed by atoms with Crippen LogP contribution >= 0.6 is 15.9 Å². The quantitative estimate of drug-likeness (QED) is 0.847. The number of nitrogens with two attached hydrogens (primary N) is 1. The van der Waals surface area contributed by atoms with Crippen LogP contribution in [0.2, 0.25) is 0 Å². The van der Waals surface area contributed by atoms with Crippen molar-refractivity contribution in [1.29, 1.82) is 0 Å². The second-order valence-electron chi connectivity index (χ2n) is 3.97. The van der Waals surface area contributed by atoms with Gasteiger partial charge < -0.3 is 15.6 Å². The Labute approximate surface area is 113 Å². The molecule has 0 spiro atoms. The highest BCUT2D eigenvalue weighted by Crippen LogP contribution is 2.19.